The van der Waals surface area contributed by atoms with Crippen LogP contribution in [0.1, 0.15) is 22.3 Å². The van der Waals surface area contributed by atoms with Crippen molar-refractivity contribution < 1.29 is 19.3 Å². The van der Waals surface area contributed by atoms with E-state index in [0.29, 0.717) is 5.75 Å². The van der Waals surface area contributed by atoms with Crippen molar-refractivity contribution >= 4 is 0 Å². The average molecular weight is 455 g/mol. The van der Waals surface area contributed by atoms with Gasteiger partial charge in [-0.1, -0.05) is 36.4 Å². The first-order valence-electron chi connectivity index (χ1n) is 11.5. The monoisotopic (exact) mass is 454 g/mol. The lowest BCUT2D eigenvalue weighted by Crippen LogP contribution is -1.96. The van der Waals surface area contributed by atoms with E-state index in [9.17, 15) is 5.11 Å². The predicted octanol–water partition coefficient (Wildman–Crippen LogP) is 6.77. The van der Waals surface area contributed by atoms with E-state index >= 15 is 0 Å². The Bertz CT molecular complexity index is 1230. The van der Waals surface area contributed by atoms with Crippen molar-refractivity contribution in [1.29, 1.82) is 0 Å². The number of ether oxygens (including phenoxy) is 3. The molecule has 0 aromatic heterocycles. The molecule has 0 spiro atoms. The lowest BCUT2D eigenvalue weighted by Gasteiger charge is -2.12. The van der Waals surface area contributed by atoms with E-state index in [1.807, 2.05) is 48.5 Å². The maximum atomic E-state index is 9.67. The minimum atomic E-state index is 0.301. The van der Waals surface area contributed by atoms with E-state index in [1.165, 1.54) is 11.1 Å². The summed E-state index contributed by atoms with van der Waals surface area (Å²) >= 11 is 0. The zero-order valence-electron chi connectivity index (χ0n) is 19.7. The summed E-state index contributed by atoms with van der Waals surface area (Å²) in [7, 11) is 3.36. The molecule has 1 N–H and O–H groups in total. The zero-order valence-corrected chi connectivity index (χ0v) is 19.7. The minimum Gasteiger partial charge on any atom is -0.508 e. The Morgan fingerprint density at radius 3 is 1.65 bits per heavy atom. The minimum absolute atomic E-state index is 0.301. The molecule has 0 saturated carbocycles. The molecule has 0 aliphatic heterocycles. The second kappa shape index (κ2) is 11.3. The van der Waals surface area contributed by atoms with Crippen LogP contribution in [-0.4, -0.2) is 19.3 Å². The van der Waals surface area contributed by atoms with Gasteiger partial charge in [0.25, 0.3) is 0 Å². The molecule has 0 amide bonds. The highest BCUT2D eigenvalue weighted by Crippen LogP contribution is 2.29. The fourth-order valence-corrected chi connectivity index (χ4v) is 3.97. The van der Waals surface area contributed by atoms with Crippen molar-refractivity contribution in [2.75, 3.05) is 14.2 Å². The summed E-state index contributed by atoms with van der Waals surface area (Å²) in [5, 5.41) is 9.67. The van der Waals surface area contributed by atoms with Crippen molar-refractivity contribution in [1.82, 2.24) is 0 Å². The van der Waals surface area contributed by atoms with E-state index < -0.39 is 0 Å². The van der Waals surface area contributed by atoms with Gasteiger partial charge in [0.05, 0.1) is 14.2 Å². The SMILES string of the molecule is COc1cccc(CCc2cc(OC)cc(Oc3cccc(CCc4cccc(O)c4)c3)c2)c1. The number of aromatic hydroxyl groups is 1. The van der Waals surface area contributed by atoms with Crippen LogP contribution in [0, 0.1) is 0 Å². The number of hydrogen-bond donors (Lipinski definition) is 1. The molecule has 0 unspecified atom stereocenters. The number of methoxy groups -OCH3 is 2. The third-order valence-electron chi connectivity index (χ3n) is 5.76. The number of rotatable bonds is 10. The third-order valence-corrected chi connectivity index (χ3v) is 5.76. The van der Waals surface area contributed by atoms with Crippen LogP contribution in [0.3, 0.4) is 0 Å². The van der Waals surface area contributed by atoms with Crippen molar-refractivity contribution in [3.63, 3.8) is 0 Å². The van der Waals surface area contributed by atoms with Crippen LogP contribution in [-0.2, 0) is 25.7 Å². The normalized spacial score (nSPS) is 10.6. The van der Waals surface area contributed by atoms with Crippen LogP contribution < -0.4 is 14.2 Å². The van der Waals surface area contributed by atoms with Gasteiger partial charge in [-0.15, -0.1) is 0 Å². The summed E-state index contributed by atoms with van der Waals surface area (Å²) in [6.07, 6.45) is 3.48. The highest BCUT2D eigenvalue weighted by molar-refractivity contribution is 5.42. The molecule has 0 bridgehead atoms. The van der Waals surface area contributed by atoms with Crippen LogP contribution in [0.25, 0.3) is 0 Å². The first kappa shape index (κ1) is 23.2. The van der Waals surface area contributed by atoms with Gasteiger partial charge in [-0.05, 0) is 96.5 Å². The molecular weight excluding hydrogens is 424 g/mol. The standard InChI is InChI=1S/C30H30O4/c1-32-27-10-4-7-23(17-27)14-15-25-19-29(33-2)21-30(20-25)34-28-11-5-8-24(18-28)13-12-22-6-3-9-26(31)16-22/h3-11,16-21,31H,12-15H2,1-2H3. The molecule has 4 nitrogen and oxygen atoms in total. The Labute approximate surface area is 201 Å². The first-order valence-corrected chi connectivity index (χ1v) is 11.5. The Balaban J connectivity index is 1.44. The van der Waals surface area contributed by atoms with Crippen LogP contribution >= 0.6 is 0 Å². The maximum absolute atomic E-state index is 9.67. The molecule has 4 aromatic carbocycles. The van der Waals surface area contributed by atoms with Crippen molar-refractivity contribution in [3.8, 4) is 28.7 Å². The summed E-state index contributed by atoms with van der Waals surface area (Å²) in [6, 6.07) is 29.7. The molecule has 174 valence electrons. The summed E-state index contributed by atoms with van der Waals surface area (Å²) in [6.45, 7) is 0. The lowest BCUT2D eigenvalue weighted by atomic mass is 10.0. The molecule has 4 heteroatoms. The van der Waals surface area contributed by atoms with E-state index in [0.717, 1.165) is 59.8 Å². The van der Waals surface area contributed by atoms with Gasteiger partial charge in [-0.25, -0.2) is 0 Å². The summed E-state index contributed by atoms with van der Waals surface area (Å²) < 4.78 is 17.1. The number of benzene rings is 4. The van der Waals surface area contributed by atoms with Gasteiger partial charge in [0, 0.05) is 6.07 Å². The fraction of sp³-hybridized carbons (Fsp3) is 0.200. The van der Waals surface area contributed by atoms with Gasteiger partial charge in [-0.3, -0.25) is 0 Å². The average Bonchev–Trinajstić information content (AvgIpc) is 2.86. The van der Waals surface area contributed by atoms with E-state index in [-0.39, 0.29) is 0 Å². The second-order valence-electron chi connectivity index (χ2n) is 8.29. The van der Waals surface area contributed by atoms with Crippen molar-refractivity contribution in [3.05, 3.63) is 113 Å². The van der Waals surface area contributed by atoms with Gasteiger partial charge in [0.15, 0.2) is 0 Å². The highest BCUT2D eigenvalue weighted by Gasteiger charge is 2.07. The Hall–Kier alpha value is -3.92. The van der Waals surface area contributed by atoms with Gasteiger partial charge >= 0.3 is 0 Å². The molecule has 0 fully saturated rings. The molecule has 0 aliphatic carbocycles. The Morgan fingerprint density at radius 1 is 0.500 bits per heavy atom. The lowest BCUT2D eigenvalue weighted by molar-refractivity contribution is 0.408. The molecule has 0 atom stereocenters. The summed E-state index contributed by atoms with van der Waals surface area (Å²) in [4.78, 5) is 0. The maximum Gasteiger partial charge on any atom is 0.131 e. The fourth-order valence-electron chi connectivity index (χ4n) is 3.97. The highest BCUT2D eigenvalue weighted by atomic mass is 16.5. The van der Waals surface area contributed by atoms with Gasteiger partial charge in [0.2, 0.25) is 0 Å². The molecular formula is C30H30O4. The van der Waals surface area contributed by atoms with E-state index in [1.54, 1.807) is 20.3 Å². The van der Waals surface area contributed by atoms with Gasteiger partial charge in [0.1, 0.15) is 28.7 Å². The summed E-state index contributed by atoms with van der Waals surface area (Å²) in [5.74, 6) is 3.50. The topological polar surface area (TPSA) is 47.9 Å². The molecule has 0 heterocycles. The van der Waals surface area contributed by atoms with Gasteiger partial charge < -0.3 is 19.3 Å². The number of phenolic OH excluding ortho intramolecular Hbond substituents is 1. The van der Waals surface area contributed by atoms with Crippen LogP contribution in [0.2, 0.25) is 0 Å². The second-order valence-corrected chi connectivity index (χ2v) is 8.29. The van der Waals surface area contributed by atoms with Crippen LogP contribution in [0.5, 0.6) is 28.7 Å². The smallest absolute Gasteiger partial charge is 0.131 e. The van der Waals surface area contributed by atoms with Crippen LogP contribution in [0.15, 0.2) is 91.0 Å². The van der Waals surface area contributed by atoms with Crippen LogP contribution in [0.4, 0.5) is 0 Å². The molecule has 34 heavy (non-hydrogen) atoms. The third kappa shape index (κ3) is 6.55. The molecule has 0 aliphatic rings. The van der Waals surface area contributed by atoms with Crippen molar-refractivity contribution in [2.24, 2.45) is 0 Å². The quantitative estimate of drug-likeness (QED) is 0.287. The summed E-state index contributed by atoms with van der Waals surface area (Å²) in [5.41, 5.74) is 4.67. The molecule has 4 aromatic rings. The Kier molecular flexibility index (Phi) is 7.71. The van der Waals surface area contributed by atoms with Crippen molar-refractivity contribution in [2.45, 2.75) is 25.7 Å². The number of aryl methyl sites for hydroxylation is 4. The molecule has 0 saturated heterocycles. The first-order chi connectivity index (χ1) is 16.6. The molecule has 4 rings (SSSR count). The largest absolute Gasteiger partial charge is 0.508 e. The Morgan fingerprint density at radius 2 is 1.00 bits per heavy atom. The van der Waals surface area contributed by atoms with Gasteiger partial charge in [-0.2, -0.15) is 0 Å². The van der Waals surface area contributed by atoms with E-state index in [2.05, 4.69) is 36.4 Å². The number of hydrogen-bond acceptors (Lipinski definition) is 4. The zero-order chi connectivity index (χ0) is 23.8. The predicted molar refractivity (Wildman–Crippen MR) is 135 cm³/mol. The molecule has 0 radical (unpaired) electrons. The van der Waals surface area contributed by atoms with E-state index in [4.69, 9.17) is 14.2 Å². The number of phenols is 1.